The monoisotopic (exact) mass is 287 g/mol. The zero-order valence-corrected chi connectivity index (χ0v) is 11.6. The van der Waals surface area contributed by atoms with Crippen LogP contribution in [0.2, 0.25) is 0 Å². The summed E-state index contributed by atoms with van der Waals surface area (Å²) in [5.74, 6) is 0.780. The Kier molecular flexibility index (Phi) is 2.85. The molecular weight excluding hydrogens is 270 g/mol. The molecule has 0 radical (unpaired) electrons. The highest BCUT2D eigenvalue weighted by molar-refractivity contribution is 5.22. The molecule has 0 N–H and O–H groups in total. The van der Waals surface area contributed by atoms with Crippen molar-refractivity contribution >= 4 is 0 Å². The number of rotatable bonds is 3. The molecule has 3 heterocycles. The molecule has 3 aliphatic rings. The lowest BCUT2D eigenvalue weighted by molar-refractivity contribution is -0.443. The molecule has 0 aromatic heterocycles. The molecule has 1 aromatic carbocycles. The minimum absolute atomic E-state index is 0.0227. The van der Waals surface area contributed by atoms with Crippen molar-refractivity contribution in [3.8, 4) is 0 Å². The van der Waals surface area contributed by atoms with Crippen LogP contribution in [-0.2, 0) is 11.3 Å². The zero-order valence-electron chi connectivity index (χ0n) is 11.6. The molecule has 21 heavy (non-hydrogen) atoms. The number of benzene rings is 1. The summed E-state index contributed by atoms with van der Waals surface area (Å²) in [6.45, 7) is 2.33. The van der Waals surface area contributed by atoms with Crippen LogP contribution in [0.3, 0.4) is 0 Å². The van der Waals surface area contributed by atoms with Crippen molar-refractivity contribution in [2.24, 2.45) is 0 Å². The van der Waals surface area contributed by atoms with Crippen LogP contribution in [0.4, 0.5) is 0 Å². The Balaban J connectivity index is 1.70. The van der Waals surface area contributed by atoms with Crippen LogP contribution >= 0.6 is 0 Å². The molecule has 2 atom stereocenters. The van der Waals surface area contributed by atoms with Crippen molar-refractivity contribution in [1.82, 2.24) is 9.80 Å². The minimum Gasteiger partial charge on any atom is -0.347 e. The Hall–Kier alpha value is -2.08. The van der Waals surface area contributed by atoms with Crippen LogP contribution in [-0.4, -0.2) is 40.1 Å². The summed E-state index contributed by atoms with van der Waals surface area (Å²) in [6.07, 6.45) is 1.31. The van der Waals surface area contributed by atoms with E-state index in [1.165, 1.54) is 5.56 Å². The average molecular weight is 287 g/mol. The highest BCUT2D eigenvalue weighted by atomic mass is 16.6. The van der Waals surface area contributed by atoms with E-state index in [4.69, 9.17) is 4.74 Å². The van der Waals surface area contributed by atoms with Crippen LogP contribution in [0, 0.1) is 10.1 Å². The third kappa shape index (κ3) is 1.98. The molecule has 2 saturated heterocycles. The van der Waals surface area contributed by atoms with Crippen molar-refractivity contribution in [2.45, 2.75) is 31.7 Å². The second-order valence-electron chi connectivity index (χ2n) is 5.72. The summed E-state index contributed by atoms with van der Waals surface area (Å²) in [6, 6.07) is 10.1. The number of fused-ring (bicyclic) bond motifs is 4. The summed E-state index contributed by atoms with van der Waals surface area (Å²) in [5, 5.41) is 11.5. The first-order valence-electron chi connectivity index (χ1n) is 7.33. The van der Waals surface area contributed by atoms with Gasteiger partial charge in [-0.15, -0.1) is 0 Å². The van der Waals surface area contributed by atoms with E-state index >= 15 is 0 Å². The molecule has 0 unspecified atom stereocenters. The Labute approximate surface area is 122 Å². The summed E-state index contributed by atoms with van der Waals surface area (Å²) in [7, 11) is 0. The summed E-state index contributed by atoms with van der Waals surface area (Å²) in [5.41, 5.74) is 1.42. The smallest absolute Gasteiger partial charge is 0.314 e. The molecule has 0 spiro atoms. The topological polar surface area (TPSA) is 58.9 Å². The molecule has 6 heteroatoms. The maximum Gasteiger partial charge on any atom is 0.314 e. The fourth-order valence-corrected chi connectivity index (χ4v) is 3.56. The second-order valence-corrected chi connectivity index (χ2v) is 5.72. The van der Waals surface area contributed by atoms with Gasteiger partial charge in [0.15, 0.2) is 11.9 Å². The molecule has 6 nitrogen and oxygen atoms in total. The van der Waals surface area contributed by atoms with Crippen LogP contribution in [0.1, 0.15) is 18.4 Å². The molecule has 2 fully saturated rings. The van der Waals surface area contributed by atoms with Gasteiger partial charge in [0.25, 0.3) is 0 Å². The molecule has 0 amide bonds. The normalized spacial score (nSPS) is 27.2. The maximum absolute atomic E-state index is 11.5. The first-order chi connectivity index (χ1) is 10.2. The Morgan fingerprint density at radius 1 is 1.24 bits per heavy atom. The van der Waals surface area contributed by atoms with E-state index in [0.717, 1.165) is 31.8 Å². The molecule has 4 rings (SSSR count). The van der Waals surface area contributed by atoms with Crippen molar-refractivity contribution in [2.75, 3.05) is 13.1 Å². The first kappa shape index (κ1) is 12.6. The lowest BCUT2D eigenvalue weighted by Crippen LogP contribution is -2.41. The highest BCUT2D eigenvalue weighted by Crippen LogP contribution is 2.41. The fourth-order valence-electron chi connectivity index (χ4n) is 3.56. The van der Waals surface area contributed by atoms with E-state index < -0.39 is 0 Å². The number of nitro groups is 1. The minimum atomic E-state index is -0.340. The van der Waals surface area contributed by atoms with E-state index in [-0.39, 0.29) is 23.0 Å². The van der Waals surface area contributed by atoms with Crippen LogP contribution < -0.4 is 0 Å². The molecule has 0 aliphatic carbocycles. The Bertz CT molecular complexity index is 601. The number of hydrogen-bond donors (Lipinski definition) is 0. The molecule has 2 bridgehead atoms. The van der Waals surface area contributed by atoms with E-state index in [1.54, 1.807) is 0 Å². The summed E-state index contributed by atoms with van der Waals surface area (Å²) >= 11 is 0. The Morgan fingerprint density at radius 3 is 2.81 bits per heavy atom. The molecule has 1 aromatic rings. The number of nitrogens with zero attached hydrogens (tertiary/aromatic N) is 3. The largest absolute Gasteiger partial charge is 0.347 e. The van der Waals surface area contributed by atoms with Crippen molar-refractivity contribution in [1.29, 1.82) is 0 Å². The van der Waals surface area contributed by atoms with Gasteiger partial charge >= 0.3 is 5.70 Å². The van der Waals surface area contributed by atoms with Crippen molar-refractivity contribution < 1.29 is 9.66 Å². The van der Waals surface area contributed by atoms with Crippen LogP contribution in [0.25, 0.3) is 0 Å². The SMILES string of the molecule is O=[N+]([O-])C1=C2N(Cc3ccccc3)CCN2[C@@H]2CC[C@H]1O2. The fraction of sp³-hybridized carbons (Fsp3) is 0.467. The van der Waals surface area contributed by atoms with Gasteiger partial charge < -0.3 is 14.5 Å². The molecule has 110 valence electrons. The van der Waals surface area contributed by atoms with Gasteiger partial charge in [-0.1, -0.05) is 30.3 Å². The summed E-state index contributed by atoms with van der Waals surface area (Å²) < 4.78 is 5.78. The van der Waals surface area contributed by atoms with Gasteiger partial charge in [-0.25, -0.2) is 0 Å². The third-order valence-electron chi connectivity index (χ3n) is 4.47. The van der Waals surface area contributed by atoms with Gasteiger partial charge in [-0.05, 0) is 18.4 Å². The third-order valence-corrected chi connectivity index (χ3v) is 4.47. The quantitative estimate of drug-likeness (QED) is 0.626. The number of hydrogen-bond acceptors (Lipinski definition) is 5. The van der Waals surface area contributed by atoms with Gasteiger partial charge in [-0.2, -0.15) is 0 Å². The Morgan fingerprint density at radius 2 is 2.05 bits per heavy atom. The first-order valence-corrected chi connectivity index (χ1v) is 7.33. The van der Waals surface area contributed by atoms with Gasteiger partial charge in [0.1, 0.15) is 6.23 Å². The van der Waals surface area contributed by atoms with Gasteiger partial charge in [0, 0.05) is 19.6 Å². The summed E-state index contributed by atoms with van der Waals surface area (Å²) in [4.78, 5) is 15.4. The zero-order chi connectivity index (χ0) is 14.4. The van der Waals surface area contributed by atoms with Gasteiger partial charge in [0.05, 0.1) is 4.92 Å². The number of ether oxygens (including phenoxy) is 1. The predicted octanol–water partition coefficient (Wildman–Crippen LogP) is 1.77. The predicted molar refractivity (Wildman–Crippen MR) is 75.5 cm³/mol. The van der Waals surface area contributed by atoms with Gasteiger partial charge in [0.2, 0.25) is 0 Å². The van der Waals surface area contributed by atoms with Crippen molar-refractivity contribution in [3.63, 3.8) is 0 Å². The average Bonchev–Trinajstić information content (AvgIpc) is 3.07. The lowest BCUT2D eigenvalue weighted by Gasteiger charge is -2.32. The van der Waals surface area contributed by atoms with E-state index in [2.05, 4.69) is 21.9 Å². The van der Waals surface area contributed by atoms with Crippen molar-refractivity contribution in [3.05, 3.63) is 57.5 Å². The molecule has 0 saturated carbocycles. The molecule has 3 aliphatic heterocycles. The lowest BCUT2D eigenvalue weighted by atomic mass is 10.2. The van der Waals surface area contributed by atoms with E-state index in [9.17, 15) is 10.1 Å². The highest BCUT2D eigenvalue weighted by Gasteiger charge is 2.50. The molecular formula is C15H17N3O3. The maximum atomic E-state index is 11.5. The van der Waals surface area contributed by atoms with Crippen LogP contribution in [0.5, 0.6) is 0 Å². The van der Waals surface area contributed by atoms with Gasteiger partial charge in [-0.3, -0.25) is 10.1 Å². The van der Waals surface area contributed by atoms with E-state index in [1.807, 2.05) is 18.2 Å². The second kappa shape index (κ2) is 4.73. The van der Waals surface area contributed by atoms with Crippen LogP contribution in [0.15, 0.2) is 41.8 Å². The van der Waals surface area contributed by atoms with E-state index in [0.29, 0.717) is 6.54 Å². The standard InChI is InChI=1S/C15H17N3O3/c19-18(20)14-12-6-7-13(21-12)17-9-8-16(15(14)17)10-11-4-2-1-3-5-11/h1-5,12-13H,6-10H2/t12-,13+/m1/s1.